The number of anilines is 1. The number of hydrogen-bond donors (Lipinski definition) is 1. The molecule has 3 aliphatic heterocycles. The van der Waals surface area contributed by atoms with Gasteiger partial charge in [0, 0.05) is 57.3 Å². The van der Waals surface area contributed by atoms with E-state index in [1.165, 1.54) is 12.1 Å². The zero-order valence-corrected chi connectivity index (χ0v) is 16.8. The zero-order valence-electron chi connectivity index (χ0n) is 16.8. The van der Waals surface area contributed by atoms with Crippen molar-refractivity contribution in [3.05, 3.63) is 24.5 Å². The van der Waals surface area contributed by atoms with Crippen LogP contribution in [0.15, 0.2) is 24.5 Å². The number of carboxylic acid groups (broad SMARTS) is 1. The monoisotopic (exact) mass is 402 g/mol. The Kier molecular flexibility index (Phi) is 5.89. The molecule has 1 N–H and O–H groups in total. The van der Waals surface area contributed by atoms with E-state index < -0.39 is 5.97 Å². The predicted molar refractivity (Wildman–Crippen MR) is 108 cm³/mol. The van der Waals surface area contributed by atoms with Gasteiger partial charge < -0.3 is 24.5 Å². The number of urea groups is 1. The molecule has 0 radical (unpaired) electrons. The van der Waals surface area contributed by atoms with Crippen LogP contribution in [0.4, 0.5) is 10.5 Å². The third kappa shape index (κ3) is 4.63. The van der Waals surface area contributed by atoms with Crippen molar-refractivity contribution in [2.75, 3.05) is 50.8 Å². The Labute approximate surface area is 171 Å². The van der Waals surface area contributed by atoms with Crippen molar-refractivity contribution in [3.63, 3.8) is 0 Å². The molecule has 0 aliphatic carbocycles. The molecule has 1 aromatic rings. The number of hydrogen-bond acceptors (Lipinski definition) is 5. The minimum atomic E-state index is -0.944. The molecule has 0 unspecified atom stereocenters. The maximum absolute atomic E-state index is 12.9. The Bertz CT molecular complexity index is 713. The van der Waals surface area contributed by atoms with E-state index in [1.54, 1.807) is 0 Å². The summed E-state index contributed by atoms with van der Waals surface area (Å²) < 4.78 is 5.37. The first-order chi connectivity index (χ1) is 14.0. The quantitative estimate of drug-likeness (QED) is 0.830. The minimum Gasteiger partial charge on any atom is -0.480 e. The lowest BCUT2D eigenvalue weighted by Crippen LogP contribution is -2.52. The van der Waals surface area contributed by atoms with E-state index in [0.717, 1.165) is 39.0 Å². The van der Waals surface area contributed by atoms with Crippen LogP contribution in [0, 0.1) is 5.41 Å². The molecule has 1 spiro atoms. The molecule has 0 bridgehead atoms. The van der Waals surface area contributed by atoms with E-state index in [9.17, 15) is 9.59 Å². The second kappa shape index (κ2) is 8.57. The molecule has 8 nitrogen and oxygen atoms in total. The lowest BCUT2D eigenvalue weighted by atomic mass is 9.78. The van der Waals surface area contributed by atoms with Crippen LogP contribution in [0.5, 0.6) is 0 Å². The molecule has 8 heteroatoms. The van der Waals surface area contributed by atoms with Gasteiger partial charge in [0.25, 0.3) is 0 Å². The van der Waals surface area contributed by atoms with Gasteiger partial charge in [-0.25, -0.2) is 9.59 Å². The normalized spacial score (nSPS) is 22.3. The number of carbonyl (C=O) groups is 2. The number of aromatic nitrogens is 1. The molecule has 3 fully saturated rings. The number of pyridine rings is 1. The molecular weight excluding hydrogens is 372 g/mol. The number of ether oxygens (including phenoxy) is 1. The van der Waals surface area contributed by atoms with Gasteiger partial charge in [0.15, 0.2) is 0 Å². The number of likely N-dealkylation sites (tertiary alicyclic amines) is 2. The summed E-state index contributed by atoms with van der Waals surface area (Å²) in [6.45, 7) is 4.79. The number of nitrogens with zero attached hydrogens (tertiary/aromatic N) is 4. The van der Waals surface area contributed by atoms with Gasteiger partial charge >= 0.3 is 12.0 Å². The molecule has 158 valence electrons. The summed E-state index contributed by atoms with van der Waals surface area (Å²) in [4.78, 5) is 34.0. The molecular formula is C21H30N4O4. The van der Waals surface area contributed by atoms with E-state index in [-0.39, 0.29) is 18.7 Å². The van der Waals surface area contributed by atoms with Crippen LogP contribution >= 0.6 is 0 Å². The molecule has 0 saturated carbocycles. The highest BCUT2D eigenvalue weighted by molar-refractivity contribution is 5.74. The largest absolute Gasteiger partial charge is 0.480 e. The third-order valence-corrected chi connectivity index (χ3v) is 6.72. The van der Waals surface area contributed by atoms with Gasteiger partial charge in [0.05, 0.1) is 6.10 Å². The van der Waals surface area contributed by atoms with Crippen molar-refractivity contribution in [2.45, 2.75) is 38.2 Å². The van der Waals surface area contributed by atoms with Crippen LogP contribution in [0.3, 0.4) is 0 Å². The van der Waals surface area contributed by atoms with E-state index in [1.807, 2.05) is 22.2 Å². The minimum absolute atomic E-state index is 0.0579. The topological polar surface area (TPSA) is 86.2 Å². The number of aliphatic carboxylic acids is 1. The highest BCUT2D eigenvalue weighted by Gasteiger charge is 2.42. The Morgan fingerprint density at radius 2 is 1.66 bits per heavy atom. The van der Waals surface area contributed by atoms with Gasteiger partial charge in [0.1, 0.15) is 6.61 Å². The number of carboxylic acids is 1. The van der Waals surface area contributed by atoms with Crippen molar-refractivity contribution in [1.82, 2.24) is 14.8 Å². The Morgan fingerprint density at radius 3 is 2.31 bits per heavy atom. The molecule has 0 aromatic carbocycles. The van der Waals surface area contributed by atoms with Crippen molar-refractivity contribution in [3.8, 4) is 0 Å². The van der Waals surface area contributed by atoms with Crippen LogP contribution in [-0.2, 0) is 9.53 Å². The molecule has 0 atom stereocenters. The molecule has 1 aromatic heterocycles. The second-order valence-electron chi connectivity index (χ2n) is 8.54. The summed E-state index contributed by atoms with van der Waals surface area (Å²) in [7, 11) is 0. The van der Waals surface area contributed by atoms with Gasteiger partial charge in [-0.15, -0.1) is 0 Å². The van der Waals surface area contributed by atoms with E-state index in [0.29, 0.717) is 31.3 Å². The summed E-state index contributed by atoms with van der Waals surface area (Å²) >= 11 is 0. The van der Waals surface area contributed by atoms with Gasteiger partial charge in [-0.05, 0) is 49.7 Å². The van der Waals surface area contributed by atoms with E-state index in [2.05, 4.69) is 22.0 Å². The van der Waals surface area contributed by atoms with Crippen LogP contribution in [0.2, 0.25) is 0 Å². The van der Waals surface area contributed by atoms with Crippen LogP contribution in [-0.4, -0.2) is 83.9 Å². The third-order valence-electron chi connectivity index (χ3n) is 6.72. The Balaban J connectivity index is 1.24. The highest BCUT2D eigenvalue weighted by atomic mass is 16.5. The van der Waals surface area contributed by atoms with Crippen LogP contribution < -0.4 is 4.90 Å². The fourth-order valence-corrected chi connectivity index (χ4v) is 4.89. The standard InChI is InChI=1S/C21H30N4O4/c26-19(27)15-29-18-3-10-23(11-4-18)20(28)24-12-5-21(6-13-24)7-14-25(16-21)17-1-8-22-9-2-17/h1-2,8-9,18H,3-7,10-16H2,(H,26,27). The molecule has 4 rings (SSSR count). The Morgan fingerprint density at radius 1 is 1.03 bits per heavy atom. The summed E-state index contributed by atoms with van der Waals surface area (Å²) in [6, 6.07) is 4.27. The first-order valence-electron chi connectivity index (χ1n) is 10.6. The van der Waals surface area contributed by atoms with Gasteiger partial charge in [0.2, 0.25) is 0 Å². The van der Waals surface area contributed by atoms with Crippen LogP contribution in [0.1, 0.15) is 32.1 Å². The van der Waals surface area contributed by atoms with Gasteiger partial charge in [-0.3, -0.25) is 4.98 Å². The molecule has 3 aliphatic rings. The van der Waals surface area contributed by atoms with E-state index >= 15 is 0 Å². The smallest absolute Gasteiger partial charge is 0.329 e. The first kappa shape index (κ1) is 19.9. The number of carbonyl (C=O) groups excluding carboxylic acids is 1. The first-order valence-corrected chi connectivity index (χ1v) is 10.6. The number of piperidine rings is 2. The Hall–Kier alpha value is -2.35. The average Bonchev–Trinajstić information content (AvgIpc) is 3.17. The van der Waals surface area contributed by atoms with Crippen molar-refractivity contribution in [2.24, 2.45) is 5.41 Å². The van der Waals surface area contributed by atoms with Crippen molar-refractivity contribution < 1.29 is 19.4 Å². The second-order valence-corrected chi connectivity index (χ2v) is 8.54. The fraction of sp³-hybridized carbons (Fsp3) is 0.667. The lowest BCUT2D eigenvalue weighted by molar-refractivity contribution is -0.145. The van der Waals surface area contributed by atoms with Crippen molar-refractivity contribution >= 4 is 17.7 Å². The number of rotatable bonds is 4. The summed E-state index contributed by atoms with van der Waals surface area (Å²) in [5.74, 6) is -0.944. The maximum Gasteiger partial charge on any atom is 0.329 e. The summed E-state index contributed by atoms with van der Waals surface area (Å²) in [6.07, 6.45) is 8.34. The lowest BCUT2D eigenvalue weighted by Gasteiger charge is -2.42. The maximum atomic E-state index is 12.9. The SMILES string of the molecule is O=C(O)COC1CCN(C(=O)N2CCC3(CC2)CCN(c2ccncc2)C3)CC1. The summed E-state index contributed by atoms with van der Waals surface area (Å²) in [5, 5.41) is 8.72. The zero-order chi connectivity index (χ0) is 20.3. The molecule has 29 heavy (non-hydrogen) atoms. The predicted octanol–water partition coefficient (Wildman–Crippen LogP) is 2.06. The molecule has 2 amide bonds. The van der Waals surface area contributed by atoms with Crippen molar-refractivity contribution in [1.29, 1.82) is 0 Å². The summed E-state index contributed by atoms with van der Waals surface area (Å²) in [5.41, 5.74) is 1.56. The van der Waals surface area contributed by atoms with Crippen LogP contribution in [0.25, 0.3) is 0 Å². The highest BCUT2D eigenvalue weighted by Crippen LogP contribution is 2.42. The van der Waals surface area contributed by atoms with E-state index in [4.69, 9.17) is 9.84 Å². The van der Waals surface area contributed by atoms with Gasteiger partial charge in [-0.1, -0.05) is 0 Å². The molecule has 4 heterocycles. The fourth-order valence-electron chi connectivity index (χ4n) is 4.89. The molecule has 3 saturated heterocycles. The number of amides is 2. The van der Waals surface area contributed by atoms with Gasteiger partial charge in [-0.2, -0.15) is 0 Å². The average molecular weight is 402 g/mol.